The van der Waals surface area contributed by atoms with Crippen LogP contribution in [0.15, 0.2) is 41.2 Å². The van der Waals surface area contributed by atoms with Crippen LogP contribution in [-0.2, 0) is 6.54 Å². The van der Waals surface area contributed by atoms with Crippen LogP contribution in [0, 0.1) is 20.8 Å². The molecular weight excluding hydrogens is 292 g/mol. The van der Waals surface area contributed by atoms with Crippen LogP contribution in [0.3, 0.4) is 0 Å². The molecule has 0 radical (unpaired) electrons. The summed E-state index contributed by atoms with van der Waals surface area (Å²) in [5, 5.41) is 11.1. The average Bonchev–Trinajstić information content (AvgIpc) is 3.09. The second-order valence-electron chi connectivity index (χ2n) is 5.50. The topological polar surface area (TPSA) is 73.0 Å². The number of aryl methyl sites for hydroxylation is 3. The summed E-state index contributed by atoms with van der Waals surface area (Å²) in [5.74, 6) is 0.642. The van der Waals surface area contributed by atoms with Gasteiger partial charge >= 0.3 is 0 Å². The Morgan fingerprint density at radius 2 is 2.04 bits per heavy atom. The lowest BCUT2D eigenvalue weighted by Crippen LogP contribution is -2.12. The fourth-order valence-corrected chi connectivity index (χ4v) is 2.43. The zero-order chi connectivity index (χ0) is 16.4. The van der Waals surface area contributed by atoms with E-state index in [1.165, 1.54) is 0 Å². The van der Waals surface area contributed by atoms with E-state index < -0.39 is 0 Å². The Kier molecular flexibility index (Phi) is 3.97. The lowest BCUT2D eigenvalue weighted by Gasteiger charge is -2.05. The summed E-state index contributed by atoms with van der Waals surface area (Å²) in [6.07, 6.45) is 3.43. The maximum atomic E-state index is 12.3. The fourth-order valence-electron chi connectivity index (χ4n) is 2.43. The zero-order valence-electron chi connectivity index (χ0n) is 13.3. The Morgan fingerprint density at radius 3 is 2.74 bits per heavy atom. The monoisotopic (exact) mass is 310 g/mol. The first-order chi connectivity index (χ1) is 11.0. The minimum absolute atomic E-state index is 0.139. The van der Waals surface area contributed by atoms with Crippen molar-refractivity contribution in [1.29, 1.82) is 0 Å². The number of anilines is 1. The van der Waals surface area contributed by atoms with Crippen LogP contribution in [0.4, 0.5) is 5.69 Å². The van der Waals surface area contributed by atoms with Gasteiger partial charge in [0.15, 0.2) is 0 Å². The van der Waals surface area contributed by atoms with Gasteiger partial charge in [0.25, 0.3) is 5.91 Å². The Hall–Kier alpha value is -2.89. The van der Waals surface area contributed by atoms with Crippen LogP contribution in [0.25, 0.3) is 0 Å². The molecule has 1 aromatic carbocycles. The van der Waals surface area contributed by atoms with Gasteiger partial charge in [0.05, 0.1) is 24.1 Å². The number of nitrogens with one attached hydrogen (secondary N) is 1. The van der Waals surface area contributed by atoms with Gasteiger partial charge in [-0.25, -0.2) is 0 Å². The largest absolute Gasteiger partial charge is 0.361 e. The third-order valence-electron chi connectivity index (χ3n) is 3.78. The number of benzene rings is 1. The highest BCUT2D eigenvalue weighted by Crippen LogP contribution is 2.16. The first-order valence-corrected chi connectivity index (χ1v) is 7.36. The van der Waals surface area contributed by atoms with Gasteiger partial charge in [-0.1, -0.05) is 23.4 Å². The summed E-state index contributed by atoms with van der Waals surface area (Å²) in [7, 11) is 0. The zero-order valence-corrected chi connectivity index (χ0v) is 13.3. The van der Waals surface area contributed by atoms with Crippen molar-refractivity contribution in [3.8, 4) is 0 Å². The molecule has 3 aromatic rings. The molecule has 0 unspecified atom stereocenters. The molecule has 0 bridgehead atoms. The first kappa shape index (κ1) is 15.0. The third-order valence-corrected chi connectivity index (χ3v) is 3.78. The number of hydrogen-bond donors (Lipinski definition) is 1. The maximum Gasteiger partial charge on any atom is 0.256 e. The first-order valence-electron chi connectivity index (χ1n) is 7.36. The molecule has 2 heterocycles. The van der Waals surface area contributed by atoms with Gasteiger partial charge < -0.3 is 9.84 Å². The van der Waals surface area contributed by atoms with Crippen molar-refractivity contribution >= 4 is 11.6 Å². The number of aromatic nitrogens is 3. The van der Waals surface area contributed by atoms with Gasteiger partial charge in [0.2, 0.25) is 0 Å². The van der Waals surface area contributed by atoms with Gasteiger partial charge in [-0.05, 0) is 32.4 Å². The van der Waals surface area contributed by atoms with Crippen molar-refractivity contribution in [2.24, 2.45) is 0 Å². The van der Waals surface area contributed by atoms with Crippen molar-refractivity contribution in [1.82, 2.24) is 14.9 Å². The molecule has 0 saturated heterocycles. The molecule has 6 heteroatoms. The summed E-state index contributed by atoms with van der Waals surface area (Å²) in [6.45, 7) is 6.24. The van der Waals surface area contributed by atoms with Crippen LogP contribution in [-0.4, -0.2) is 20.8 Å². The van der Waals surface area contributed by atoms with E-state index in [0.717, 1.165) is 22.6 Å². The minimum Gasteiger partial charge on any atom is -0.361 e. The van der Waals surface area contributed by atoms with E-state index >= 15 is 0 Å². The molecule has 0 aliphatic rings. The molecule has 0 saturated carbocycles. The van der Waals surface area contributed by atoms with Gasteiger partial charge in [0.1, 0.15) is 5.76 Å². The number of carbonyl (C=O) groups excluding carboxylic acids is 1. The van der Waals surface area contributed by atoms with Crippen LogP contribution in [0.2, 0.25) is 0 Å². The van der Waals surface area contributed by atoms with Crippen molar-refractivity contribution in [2.45, 2.75) is 27.3 Å². The number of nitrogens with zero attached hydrogens (tertiary/aromatic N) is 3. The molecule has 0 aliphatic carbocycles. The summed E-state index contributed by atoms with van der Waals surface area (Å²) < 4.78 is 6.90. The van der Waals surface area contributed by atoms with E-state index in [1.807, 2.05) is 39.0 Å². The van der Waals surface area contributed by atoms with Crippen LogP contribution >= 0.6 is 0 Å². The number of carbonyl (C=O) groups is 1. The SMILES string of the molecule is Cc1ccccc1C(=O)Nc1cnn(Cc2c(C)noc2C)c1. The summed E-state index contributed by atoms with van der Waals surface area (Å²) in [6, 6.07) is 7.48. The Bertz CT molecular complexity index is 828. The van der Waals surface area contributed by atoms with Crippen molar-refractivity contribution in [2.75, 3.05) is 5.32 Å². The average molecular weight is 310 g/mol. The quantitative estimate of drug-likeness (QED) is 0.803. The standard InChI is InChI=1S/C17H18N4O2/c1-11-6-4-5-7-15(11)17(22)19-14-8-18-21(9-14)10-16-12(2)20-23-13(16)3/h4-9H,10H2,1-3H3,(H,19,22). The second kappa shape index (κ2) is 6.08. The van der Waals surface area contributed by atoms with E-state index in [4.69, 9.17) is 4.52 Å². The molecule has 2 aromatic heterocycles. The van der Waals surface area contributed by atoms with Crippen molar-refractivity contribution in [3.05, 3.63) is 64.8 Å². The van der Waals surface area contributed by atoms with Crippen molar-refractivity contribution < 1.29 is 9.32 Å². The summed E-state index contributed by atoms with van der Waals surface area (Å²) in [4.78, 5) is 12.3. The maximum absolute atomic E-state index is 12.3. The molecule has 118 valence electrons. The normalized spacial score (nSPS) is 10.7. The predicted octanol–water partition coefficient (Wildman–Crippen LogP) is 3.10. The molecule has 0 aliphatic heterocycles. The molecule has 1 N–H and O–H groups in total. The number of hydrogen-bond acceptors (Lipinski definition) is 4. The van der Waals surface area contributed by atoms with Gasteiger partial charge in [0, 0.05) is 17.3 Å². The highest BCUT2D eigenvalue weighted by Gasteiger charge is 2.12. The predicted molar refractivity (Wildman–Crippen MR) is 86.4 cm³/mol. The highest BCUT2D eigenvalue weighted by atomic mass is 16.5. The number of rotatable bonds is 4. The Morgan fingerprint density at radius 1 is 1.26 bits per heavy atom. The molecular formula is C17H18N4O2. The van der Waals surface area contributed by atoms with E-state index in [1.54, 1.807) is 23.1 Å². The van der Waals surface area contributed by atoms with Crippen LogP contribution < -0.4 is 5.32 Å². The number of amides is 1. The van der Waals surface area contributed by atoms with E-state index in [-0.39, 0.29) is 5.91 Å². The van der Waals surface area contributed by atoms with E-state index in [2.05, 4.69) is 15.6 Å². The molecule has 0 spiro atoms. The molecule has 6 nitrogen and oxygen atoms in total. The summed E-state index contributed by atoms with van der Waals surface area (Å²) >= 11 is 0. The Labute approximate surface area is 134 Å². The molecule has 0 fully saturated rings. The van der Waals surface area contributed by atoms with Crippen LogP contribution in [0.5, 0.6) is 0 Å². The lowest BCUT2D eigenvalue weighted by molar-refractivity contribution is 0.102. The van der Waals surface area contributed by atoms with Crippen molar-refractivity contribution in [3.63, 3.8) is 0 Å². The second-order valence-corrected chi connectivity index (χ2v) is 5.50. The van der Waals surface area contributed by atoms with E-state index in [0.29, 0.717) is 17.8 Å². The Balaban J connectivity index is 1.73. The van der Waals surface area contributed by atoms with Gasteiger partial charge in [-0.15, -0.1) is 0 Å². The highest BCUT2D eigenvalue weighted by molar-refractivity contribution is 6.05. The van der Waals surface area contributed by atoms with Gasteiger partial charge in [-0.2, -0.15) is 5.10 Å². The summed E-state index contributed by atoms with van der Waals surface area (Å²) in [5.41, 5.74) is 4.11. The third kappa shape index (κ3) is 3.15. The molecule has 0 atom stereocenters. The lowest BCUT2D eigenvalue weighted by atomic mass is 10.1. The molecule has 23 heavy (non-hydrogen) atoms. The fraction of sp³-hybridized carbons (Fsp3) is 0.235. The van der Waals surface area contributed by atoms with Gasteiger partial charge in [-0.3, -0.25) is 9.48 Å². The molecule has 1 amide bonds. The minimum atomic E-state index is -0.139. The smallest absolute Gasteiger partial charge is 0.256 e. The van der Waals surface area contributed by atoms with Crippen LogP contribution in [0.1, 0.15) is 32.9 Å². The molecule has 3 rings (SSSR count). The van der Waals surface area contributed by atoms with E-state index in [9.17, 15) is 4.79 Å².